The van der Waals surface area contributed by atoms with Crippen molar-refractivity contribution in [2.24, 2.45) is 5.41 Å². The Bertz CT molecular complexity index is 435. The van der Waals surface area contributed by atoms with E-state index in [4.69, 9.17) is 9.72 Å². The Kier molecular flexibility index (Phi) is 3.67. The number of aromatic nitrogens is 1. The van der Waals surface area contributed by atoms with Gasteiger partial charge < -0.3 is 10.1 Å². The van der Waals surface area contributed by atoms with E-state index in [1.54, 1.807) is 0 Å². The molecule has 1 saturated carbocycles. The van der Waals surface area contributed by atoms with Crippen LogP contribution in [0.4, 0.5) is 0 Å². The number of hydrogen-bond donors (Lipinski definition) is 1. The van der Waals surface area contributed by atoms with E-state index in [1.807, 2.05) is 11.3 Å². The summed E-state index contributed by atoms with van der Waals surface area (Å²) in [5, 5.41) is 4.99. The molecule has 2 unspecified atom stereocenters. The lowest BCUT2D eigenvalue weighted by molar-refractivity contribution is 0.0628. The Morgan fingerprint density at radius 3 is 2.74 bits per heavy atom. The minimum Gasteiger partial charge on any atom is -0.378 e. The van der Waals surface area contributed by atoms with Gasteiger partial charge in [0.1, 0.15) is 0 Å². The van der Waals surface area contributed by atoms with Crippen LogP contribution in [0.1, 0.15) is 41.8 Å². The normalized spacial score (nSPS) is 31.0. The van der Waals surface area contributed by atoms with Gasteiger partial charge in [0.05, 0.1) is 16.8 Å². The first-order valence-corrected chi connectivity index (χ1v) is 8.19. The third-order valence-corrected chi connectivity index (χ3v) is 5.80. The number of nitrogens with zero attached hydrogens (tertiary/aromatic N) is 1. The zero-order valence-electron chi connectivity index (χ0n) is 12.2. The number of ether oxygens (including phenoxy) is 1. The highest BCUT2D eigenvalue weighted by atomic mass is 32.1. The van der Waals surface area contributed by atoms with Crippen LogP contribution in [0, 0.1) is 19.3 Å². The summed E-state index contributed by atoms with van der Waals surface area (Å²) >= 11 is 1.86. The summed E-state index contributed by atoms with van der Waals surface area (Å²) in [6.45, 7) is 8.49. The van der Waals surface area contributed by atoms with Crippen molar-refractivity contribution in [2.75, 3.05) is 13.2 Å². The monoisotopic (exact) mass is 280 g/mol. The summed E-state index contributed by atoms with van der Waals surface area (Å²) in [5.41, 5.74) is 1.44. The maximum Gasteiger partial charge on any atom is 0.0937 e. The van der Waals surface area contributed by atoms with Crippen molar-refractivity contribution < 1.29 is 4.74 Å². The second-order valence-electron chi connectivity index (χ2n) is 6.21. The lowest BCUT2D eigenvalue weighted by Gasteiger charge is -2.32. The molecule has 3 rings (SSSR count). The molecule has 1 N–H and O–H groups in total. The van der Waals surface area contributed by atoms with Crippen molar-refractivity contribution in [3.8, 4) is 0 Å². The predicted octanol–water partition coefficient (Wildman–Crippen LogP) is 2.85. The molecule has 3 nitrogen and oxygen atoms in total. The lowest BCUT2D eigenvalue weighted by atomic mass is 9.78. The lowest BCUT2D eigenvalue weighted by Crippen LogP contribution is -2.42. The summed E-state index contributed by atoms with van der Waals surface area (Å²) < 4.78 is 5.87. The molecule has 0 amide bonds. The molecule has 2 aliphatic rings. The fourth-order valence-corrected chi connectivity index (χ4v) is 3.99. The molecule has 1 aromatic heterocycles. The molecule has 1 aliphatic heterocycles. The van der Waals surface area contributed by atoms with Crippen molar-refractivity contribution in [1.29, 1.82) is 0 Å². The molecule has 1 saturated heterocycles. The highest BCUT2D eigenvalue weighted by molar-refractivity contribution is 7.11. The molecule has 1 aliphatic carbocycles. The van der Waals surface area contributed by atoms with Crippen LogP contribution in [0.5, 0.6) is 0 Å². The quantitative estimate of drug-likeness (QED) is 0.900. The summed E-state index contributed by atoms with van der Waals surface area (Å²) in [5.74, 6) is 0. The van der Waals surface area contributed by atoms with Crippen LogP contribution in [-0.2, 0) is 11.2 Å². The first-order chi connectivity index (χ1) is 9.09. The van der Waals surface area contributed by atoms with Crippen molar-refractivity contribution in [2.45, 2.75) is 58.6 Å². The van der Waals surface area contributed by atoms with Gasteiger partial charge in [0, 0.05) is 35.9 Å². The summed E-state index contributed by atoms with van der Waals surface area (Å²) in [4.78, 5) is 6.08. The van der Waals surface area contributed by atoms with E-state index in [0.717, 1.165) is 32.0 Å². The Labute approximate surface area is 119 Å². The van der Waals surface area contributed by atoms with E-state index in [9.17, 15) is 0 Å². The first kappa shape index (κ1) is 13.5. The third kappa shape index (κ3) is 2.86. The van der Waals surface area contributed by atoms with Crippen molar-refractivity contribution in [3.05, 3.63) is 15.6 Å². The van der Waals surface area contributed by atoms with Crippen LogP contribution >= 0.6 is 11.3 Å². The van der Waals surface area contributed by atoms with Crippen LogP contribution in [0.3, 0.4) is 0 Å². The van der Waals surface area contributed by atoms with E-state index >= 15 is 0 Å². The SMILES string of the molecule is Cc1nc(CC2(CNC3CC3)CCOC2C)sc1C. The van der Waals surface area contributed by atoms with Crippen LogP contribution in [0.2, 0.25) is 0 Å². The highest BCUT2D eigenvalue weighted by Gasteiger charge is 2.43. The fourth-order valence-electron chi connectivity index (χ4n) is 2.90. The van der Waals surface area contributed by atoms with Crippen LogP contribution in [-0.4, -0.2) is 30.3 Å². The van der Waals surface area contributed by atoms with E-state index in [2.05, 4.69) is 26.1 Å². The second-order valence-corrected chi connectivity index (χ2v) is 7.49. The maximum absolute atomic E-state index is 5.87. The van der Waals surface area contributed by atoms with Gasteiger partial charge in [-0.3, -0.25) is 0 Å². The fraction of sp³-hybridized carbons (Fsp3) is 0.800. The molecular weight excluding hydrogens is 256 g/mol. The first-order valence-electron chi connectivity index (χ1n) is 7.37. The Balaban J connectivity index is 1.74. The maximum atomic E-state index is 5.87. The number of hydrogen-bond acceptors (Lipinski definition) is 4. The van der Waals surface area contributed by atoms with Gasteiger partial charge in [0.25, 0.3) is 0 Å². The largest absolute Gasteiger partial charge is 0.378 e. The number of nitrogens with one attached hydrogen (secondary N) is 1. The van der Waals surface area contributed by atoms with Gasteiger partial charge in [-0.1, -0.05) is 0 Å². The number of rotatable bonds is 5. The van der Waals surface area contributed by atoms with Gasteiger partial charge in [-0.25, -0.2) is 4.98 Å². The molecule has 0 spiro atoms. The van der Waals surface area contributed by atoms with E-state index in [1.165, 1.54) is 28.4 Å². The molecule has 4 heteroatoms. The number of thiazole rings is 1. The predicted molar refractivity (Wildman–Crippen MR) is 78.8 cm³/mol. The minimum atomic E-state index is 0.249. The van der Waals surface area contributed by atoms with E-state index < -0.39 is 0 Å². The Morgan fingerprint density at radius 1 is 1.42 bits per heavy atom. The minimum absolute atomic E-state index is 0.249. The zero-order chi connectivity index (χ0) is 13.5. The Morgan fingerprint density at radius 2 is 2.21 bits per heavy atom. The molecule has 2 fully saturated rings. The molecule has 19 heavy (non-hydrogen) atoms. The van der Waals surface area contributed by atoms with Gasteiger partial charge in [0.2, 0.25) is 0 Å². The van der Waals surface area contributed by atoms with Crippen molar-refractivity contribution in [1.82, 2.24) is 10.3 Å². The van der Waals surface area contributed by atoms with E-state index in [0.29, 0.717) is 6.10 Å². The average Bonchev–Trinajstić information content (AvgIpc) is 3.06. The molecule has 0 bridgehead atoms. The van der Waals surface area contributed by atoms with Crippen molar-refractivity contribution in [3.63, 3.8) is 0 Å². The molecule has 2 heterocycles. The molecular formula is C15H24N2OS. The van der Waals surface area contributed by atoms with Gasteiger partial charge in [-0.15, -0.1) is 11.3 Å². The Hall–Kier alpha value is -0.450. The summed E-state index contributed by atoms with van der Waals surface area (Å²) in [7, 11) is 0. The zero-order valence-corrected chi connectivity index (χ0v) is 13.0. The van der Waals surface area contributed by atoms with Gasteiger partial charge >= 0.3 is 0 Å². The van der Waals surface area contributed by atoms with Crippen molar-refractivity contribution >= 4 is 11.3 Å². The second kappa shape index (κ2) is 5.15. The van der Waals surface area contributed by atoms with E-state index in [-0.39, 0.29) is 5.41 Å². The molecule has 0 radical (unpaired) electrons. The third-order valence-electron chi connectivity index (χ3n) is 4.73. The molecule has 2 atom stereocenters. The summed E-state index contributed by atoms with van der Waals surface area (Å²) in [6, 6.07) is 0.768. The molecule has 0 aromatic carbocycles. The summed E-state index contributed by atoms with van der Waals surface area (Å²) in [6.07, 6.45) is 5.25. The standard InChI is InChI=1S/C15H24N2OS/c1-10-11(2)19-14(17-10)8-15(6-7-18-12(15)3)9-16-13-4-5-13/h12-13,16H,4-9H2,1-3H3. The molecule has 106 valence electrons. The number of aryl methyl sites for hydroxylation is 2. The van der Waals surface area contributed by atoms with Gasteiger partial charge in [-0.05, 0) is 40.0 Å². The topological polar surface area (TPSA) is 34.2 Å². The van der Waals surface area contributed by atoms with Gasteiger partial charge in [-0.2, -0.15) is 0 Å². The molecule has 1 aromatic rings. The average molecular weight is 280 g/mol. The van der Waals surface area contributed by atoms with Gasteiger partial charge in [0.15, 0.2) is 0 Å². The van der Waals surface area contributed by atoms with Crippen LogP contribution in [0.15, 0.2) is 0 Å². The smallest absolute Gasteiger partial charge is 0.0937 e. The highest BCUT2D eigenvalue weighted by Crippen LogP contribution is 2.39. The van der Waals surface area contributed by atoms with Crippen LogP contribution in [0.25, 0.3) is 0 Å². The van der Waals surface area contributed by atoms with Crippen LogP contribution < -0.4 is 5.32 Å².